The van der Waals surface area contributed by atoms with Gasteiger partial charge in [-0.05, 0) is 53.4 Å². The first-order valence-corrected chi connectivity index (χ1v) is 8.83. The van der Waals surface area contributed by atoms with Crippen molar-refractivity contribution in [2.75, 3.05) is 7.11 Å². The number of rotatable bonds is 4. The maximum absolute atomic E-state index is 11.3. The molecule has 2 unspecified atom stereocenters. The maximum atomic E-state index is 11.3. The number of benzene rings is 1. The third kappa shape index (κ3) is 3.23. The van der Waals surface area contributed by atoms with Crippen molar-refractivity contribution in [1.29, 1.82) is 4.78 Å². The Labute approximate surface area is 138 Å². The fourth-order valence-corrected chi connectivity index (χ4v) is 4.42. The van der Waals surface area contributed by atoms with E-state index < -0.39 is 10.9 Å². The highest BCUT2D eigenvalue weighted by Crippen LogP contribution is 2.25. The third-order valence-electron chi connectivity index (χ3n) is 4.30. The smallest absolute Gasteiger partial charge is 0.166 e. The molecule has 2 atom stereocenters. The SMILES string of the molecule is COc1ccc(CC2CCc3c(cn(C)c3C=O)S(=N)N2)cc1. The molecular formula is C17H21N3O2S. The Morgan fingerprint density at radius 2 is 2.17 bits per heavy atom. The van der Waals surface area contributed by atoms with Gasteiger partial charge in [0, 0.05) is 19.3 Å². The number of carbonyl (C=O) groups excluding carboxylic acids is 1. The molecule has 3 rings (SSSR count). The van der Waals surface area contributed by atoms with E-state index in [4.69, 9.17) is 9.52 Å². The molecule has 0 saturated carbocycles. The molecule has 0 amide bonds. The van der Waals surface area contributed by atoms with Crippen molar-refractivity contribution in [3.63, 3.8) is 0 Å². The minimum atomic E-state index is -0.788. The van der Waals surface area contributed by atoms with Crippen molar-refractivity contribution in [2.45, 2.75) is 30.2 Å². The molecule has 2 aromatic rings. The zero-order valence-corrected chi connectivity index (χ0v) is 14.2. The van der Waals surface area contributed by atoms with E-state index >= 15 is 0 Å². The van der Waals surface area contributed by atoms with E-state index in [-0.39, 0.29) is 6.04 Å². The second-order valence-corrected chi connectivity index (χ2v) is 7.09. The van der Waals surface area contributed by atoms with Gasteiger partial charge < -0.3 is 9.30 Å². The molecule has 1 aliphatic heterocycles. The van der Waals surface area contributed by atoms with E-state index in [1.165, 1.54) is 5.56 Å². The number of methoxy groups -OCH3 is 1. The molecule has 122 valence electrons. The highest BCUT2D eigenvalue weighted by molar-refractivity contribution is 7.84. The first kappa shape index (κ1) is 16.0. The van der Waals surface area contributed by atoms with Crippen LogP contribution in [0.1, 0.15) is 28.0 Å². The molecule has 1 aromatic heterocycles. The van der Waals surface area contributed by atoms with Crippen molar-refractivity contribution in [3.8, 4) is 5.75 Å². The summed E-state index contributed by atoms with van der Waals surface area (Å²) >= 11 is 0. The number of carbonyl (C=O) groups is 1. The average molecular weight is 331 g/mol. The summed E-state index contributed by atoms with van der Waals surface area (Å²) in [4.78, 5) is 12.3. The molecular weight excluding hydrogens is 310 g/mol. The Bertz CT molecular complexity index is 737. The lowest BCUT2D eigenvalue weighted by molar-refractivity contribution is 0.111. The number of hydrogen-bond acceptors (Lipinski definition) is 3. The van der Waals surface area contributed by atoms with Crippen LogP contribution in [-0.4, -0.2) is 24.0 Å². The van der Waals surface area contributed by atoms with E-state index in [0.29, 0.717) is 5.69 Å². The zero-order chi connectivity index (χ0) is 16.4. The molecule has 1 aromatic carbocycles. The molecule has 0 aliphatic carbocycles. The van der Waals surface area contributed by atoms with Crippen molar-refractivity contribution < 1.29 is 9.53 Å². The fraction of sp³-hybridized carbons (Fsp3) is 0.353. The van der Waals surface area contributed by atoms with Gasteiger partial charge in [0.1, 0.15) is 5.75 Å². The number of ether oxygens (including phenoxy) is 1. The molecule has 2 N–H and O–H groups in total. The summed E-state index contributed by atoms with van der Waals surface area (Å²) in [5.41, 5.74) is 2.96. The van der Waals surface area contributed by atoms with Crippen LogP contribution in [0.3, 0.4) is 0 Å². The summed E-state index contributed by atoms with van der Waals surface area (Å²) in [6.45, 7) is 0. The second kappa shape index (κ2) is 6.68. The number of fused-ring (bicyclic) bond motifs is 1. The van der Waals surface area contributed by atoms with Crippen LogP contribution in [0.5, 0.6) is 5.75 Å². The number of nitrogens with zero attached hydrogens (tertiary/aromatic N) is 1. The predicted octanol–water partition coefficient (Wildman–Crippen LogP) is 2.65. The van der Waals surface area contributed by atoms with E-state index in [9.17, 15) is 4.79 Å². The molecule has 2 heterocycles. The molecule has 0 spiro atoms. The minimum absolute atomic E-state index is 0.237. The molecule has 5 nitrogen and oxygen atoms in total. The van der Waals surface area contributed by atoms with Gasteiger partial charge in [0.05, 0.1) is 17.7 Å². The predicted molar refractivity (Wildman–Crippen MR) is 91.1 cm³/mol. The monoisotopic (exact) mass is 331 g/mol. The first-order valence-electron chi connectivity index (χ1n) is 7.60. The molecule has 0 fully saturated rings. The first-order chi connectivity index (χ1) is 11.1. The Morgan fingerprint density at radius 3 is 2.83 bits per heavy atom. The van der Waals surface area contributed by atoms with Gasteiger partial charge in [-0.2, -0.15) is 0 Å². The lowest BCUT2D eigenvalue weighted by Gasteiger charge is -2.16. The highest BCUT2D eigenvalue weighted by Gasteiger charge is 2.23. The van der Waals surface area contributed by atoms with Crippen LogP contribution in [0.15, 0.2) is 35.4 Å². The van der Waals surface area contributed by atoms with Gasteiger partial charge in [-0.3, -0.25) is 9.57 Å². The summed E-state index contributed by atoms with van der Waals surface area (Å²) in [5, 5.41) is 0. The van der Waals surface area contributed by atoms with E-state index in [2.05, 4.69) is 16.9 Å². The number of aryl methyl sites for hydroxylation is 1. The molecule has 6 heteroatoms. The molecule has 0 radical (unpaired) electrons. The van der Waals surface area contributed by atoms with Crippen LogP contribution in [0.4, 0.5) is 0 Å². The summed E-state index contributed by atoms with van der Waals surface area (Å²) < 4.78 is 18.8. The minimum Gasteiger partial charge on any atom is -0.497 e. The number of aromatic nitrogens is 1. The second-order valence-electron chi connectivity index (χ2n) is 5.80. The fourth-order valence-electron chi connectivity index (χ4n) is 3.04. The number of hydrogen-bond donors (Lipinski definition) is 2. The van der Waals surface area contributed by atoms with Crippen LogP contribution in [-0.2, 0) is 30.8 Å². The Morgan fingerprint density at radius 1 is 1.43 bits per heavy atom. The summed E-state index contributed by atoms with van der Waals surface area (Å²) in [6.07, 6.45) is 5.45. The largest absolute Gasteiger partial charge is 0.497 e. The van der Waals surface area contributed by atoms with Gasteiger partial charge in [0.25, 0.3) is 0 Å². The van der Waals surface area contributed by atoms with Crippen LogP contribution in [0.2, 0.25) is 0 Å². The van der Waals surface area contributed by atoms with Crippen molar-refractivity contribution >= 4 is 17.2 Å². The summed E-state index contributed by atoms with van der Waals surface area (Å²) in [7, 11) is 2.74. The Balaban J connectivity index is 1.76. The van der Waals surface area contributed by atoms with Crippen LogP contribution in [0, 0.1) is 4.78 Å². The lowest BCUT2D eigenvalue weighted by atomic mass is 10.00. The lowest BCUT2D eigenvalue weighted by Crippen LogP contribution is -2.31. The molecule has 23 heavy (non-hydrogen) atoms. The number of aldehydes is 1. The van der Waals surface area contributed by atoms with Crippen molar-refractivity contribution in [1.82, 2.24) is 9.29 Å². The standard InChI is InChI=1S/C17H21N3O2S/c1-20-10-17-15(16(20)11-21)8-5-13(19-23(17)18)9-12-3-6-14(22-2)7-4-12/h3-4,6-7,10-11,13H,5,8-9H2,1-2H3,(H2,18,19). The zero-order valence-electron chi connectivity index (χ0n) is 13.3. The van der Waals surface area contributed by atoms with Gasteiger partial charge in [0.15, 0.2) is 6.29 Å². The normalized spacial score (nSPS) is 20.6. The highest BCUT2D eigenvalue weighted by atomic mass is 32.2. The van der Waals surface area contributed by atoms with E-state index in [0.717, 1.165) is 41.8 Å². The molecule has 0 saturated heterocycles. The molecule has 0 bridgehead atoms. The van der Waals surface area contributed by atoms with Crippen LogP contribution < -0.4 is 9.46 Å². The van der Waals surface area contributed by atoms with Gasteiger partial charge in [-0.1, -0.05) is 12.1 Å². The summed E-state index contributed by atoms with van der Waals surface area (Å²) in [5.74, 6) is 0.853. The Kier molecular flexibility index (Phi) is 4.63. The molecule has 1 aliphatic rings. The van der Waals surface area contributed by atoms with Crippen molar-refractivity contribution in [2.24, 2.45) is 7.05 Å². The van der Waals surface area contributed by atoms with E-state index in [1.807, 2.05) is 29.9 Å². The van der Waals surface area contributed by atoms with E-state index in [1.54, 1.807) is 7.11 Å². The van der Waals surface area contributed by atoms with Crippen LogP contribution >= 0.6 is 0 Å². The third-order valence-corrected chi connectivity index (χ3v) is 5.66. The quantitative estimate of drug-likeness (QED) is 0.847. The maximum Gasteiger partial charge on any atom is 0.166 e. The van der Waals surface area contributed by atoms with Gasteiger partial charge in [-0.25, -0.2) is 4.72 Å². The van der Waals surface area contributed by atoms with Gasteiger partial charge in [-0.15, -0.1) is 0 Å². The average Bonchev–Trinajstić information content (AvgIpc) is 2.81. The number of nitrogens with one attached hydrogen (secondary N) is 2. The Hall–Kier alpha value is -1.92. The van der Waals surface area contributed by atoms with Crippen LogP contribution in [0.25, 0.3) is 0 Å². The van der Waals surface area contributed by atoms with Crippen molar-refractivity contribution in [3.05, 3.63) is 47.3 Å². The topological polar surface area (TPSA) is 67.1 Å². The summed E-state index contributed by atoms with van der Waals surface area (Å²) in [6, 6.07) is 8.30. The van der Waals surface area contributed by atoms with Gasteiger partial charge >= 0.3 is 0 Å². The van der Waals surface area contributed by atoms with Gasteiger partial charge in [0.2, 0.25) is 0 Å².